The lowest BCUT2D eigenvalue weighted by Crippen LogP contribution is -2.18. The van der Waals surface area contributed by atoms with Crippen LogP contribution in [0.5, 0.6) is 0 Å². The van der Waals surface area contributed by atoms with Gasteiger partial charge in [0.2, 0.25) is 5.91 Å². The van der Waals surface area contributed by atoms with Gasteiger partial charge in [-0.15, -0.1) is 21.5 Å². The van der Waals surface area contributed by atoms with Gasteiger partial charge in [-0.3, -0.25) is 4.79 Å². The Bertz CT molecular complexity index is 1060. The van der Waals surface area contributed by atoms with Crippen molar-refractivity contribution in [1.29, 1.82) is 0 Å². The summed E-state index contributed by atoms with van der Waals surface area (Å²) in [5, 5.41) is 17.9. The summed E-state index contributed by atoms with van der Waals surface area (Å²) in [6.07, 6.45) is 0. The van der Waals surface area contributed by atoms with Gasteiger partial charge in [0.25, 0.3) is 0 Å². The highest BCUT2D eigenvalue weighted by molar-refractivity contribution is 7.13. The van der Waals surface area contributed by atoms with Crippen molar-refractivity contribution in [3.63, 3.8) is 0 Å². The van der Waals surface area contributed by atoms with E-state index in [0.29, 0.717) is 17.9 Å². The fourth-order valence-corrected chi connectivity index (χ4v) is 3.31. The number of thiophene rings is 1. The summed E-state index contributed by atoms with van der Waals surface area (Å²) in [7, 11) is 0. The maximum Gasteiger partial charge on any atom is 0.250 e. The molecule has 3 heterocycles. The van der Waals surface area contributed by atoms with Crippen LogP contribution in [0.1, 0.15) is 6.92 Å². The van der Waals surface area contributed by atoms with Crippen molar-refractivity contribution in [1.82, 2.24) is 19.8 Å². The van der Waals surface area contributed by atoms with Gasteiger partial charge < -0.3 is 10.1 Å². The molecule has 0 radical (unpaired) electrons. The topological polar surface area (TPSA) is 81.4 Å². The van der Waals surface area contributed by atoms with E-state index in [-0.39, 0.29) is 12.5 Å². The molecule has 0 aliphatic rings. The monoisotopic (exact) mass is 379 g/mol. The molecular weight excluding hydrogens is 362 g/mol. The predicted octanol–water partition coefficient (Wildman–Crippen LogP) is 3.49. The summed E-state index contributed by atoms with van der Waals surface area (Å²) in [6, 6.07) is 15.3. The fraction of sp³-hybridized carbons (Fsp3) is 0.158. The minimum Gasteiger partial charge on any atom is -0.372 e. The molecule has 0 unspecified atom stereocenters. The van der Waals surface area contributed by atoms with E-state index in [1.807, 2.05) is 60.8 Å². The number of nitrogens with zero attached hydrogens (tertiary/aromatic N) is 4. The van der Waals surface area contributed by atoms with E-state index in [0.717, 1.165) is 22.0 Å². The summed E-state index contributed by atoms with van der Waals surface area (Å²) >= 11 is 1.60. The number of fused-ring (bicyclic) bond motifs is 1. The number of amides is 1. The van der Waals surface area contributed by atoms with Crippen LogP contribution in [0.2, 0.25) is 0 Å². The molecule has 0 bridgehead atoms. The third kappa shape index (κ3) is 3.71. The van der Waals surface area contributed by atoms with Crippen LogP contribution >= 0.6 is 11.3 Å². The van der Waals surface area contributed by atoms with Crippen LogP contribution in [0, 0.1) is 0 Å². The standard InChI is InChI=1S/C19H17N5O2S/c1-2-26-12-18(25)20-14-7-5-13(6-8-14)15-9-10-17-21-22-19(24(17)23-15)16-4-3-11-27-16/h3-11H,2,12H2,1H3,(H,20,25). The highest BCUT2D eigenvalue weighted by atomic mass is 32.1. The van der Waals surface area contributed by atoms with Crippen LogP contribution in [0.15, 0.2) is 53.9 Å². The number of nitrogens with one attached hydrogen (secondary N) is 1. The van der Waals surface area contributed by atoms with Gasteiger partial charge in [0.15, 0.2) is 11.5 Å². The third-order valence-electron chi connectivity index (χ3n) is 3.91. The quantitative estimate of drug-likeness (QED) is 0.555. The lowest BCUT2D eigenvalue weighted by Gasteiger charge is -2.07. The Morgan fingerprint density at radius 1 is 1.15 bits per heavy atom. The lowest BCUT2D eigenvalue weighted by atomic mass is 10.1. The van der Waals surface area contributed by atoms with Crippen molar-refractivity contribution in [2.75, 3.05) is 18.5 Å². The Balaban J connectivity index is 1.59. The van der Waals surface area contributed by atoms with Crippen LogP contribution in [0.3, 0.4) is 0 Å². The number of rotatable bonds is 6. The number of hydrogen-bond acceptors (Lipinski definition) is 6. The first-order valence-corrected chi connectivity index (χ1v) is 9.37. The average molecular weight is 379 g/mol. The Labute approximate surface area is 159 Å². The Kier molecular flexibility index (Phi) is 4.91. The minimum absolute atomic E-state index is 0.0512. The Morgan fingerprint density at radius 3 is 2.74 bits per heavy atom. The van der Waals surface area contributed by atoms with Crippen molar-refractivity contribution in [3.8, 4) is 22.0 Å². The molecule has 0 spiro atoms. The van der Waals surface area contributed by atoms with E-state index >= 15 is 0 Å². The molecule has 136 valence electrons. The summed E-state index contributed by atoms with van der Waals surface area (Å²) in [5.74, 6) is 0.552. The SMILES string of the molecule is CCOCC(=O)Nc1ccc(-c2ccc3nnc(-c4cccs4)n3n2)cc1. The number of aromatic nitrogens is 4. The normalized spacial score (nSPS) is 11.0. The number of anilines is 1. The number of ether oxygens (including phenoxy) is 1. The summed E-state index contributed by atoms with van der Waals surface area (Å²) in [4.78, 5) is 12.7. The van der Waals surface area contributed by atoms with Gasteiger partial charge in [-0.25, -0.2) is 0 Å². The first-order chi connectivity index (χ1) is 13.2. The Hall–Kier alpha value is -3.10. The van der Waals surface area contributed by atoms with Gasteiger partial charge >= 0.3 is 0 Å². The van der Waals surface area contributed by atoms with Gasteiger partial charge in [0, 0.05) is 17.9 Å². The van der Waals surface area contributed by atoms with E-state index in [1.54, 1.807) is 15.9 Å². The lowest BCUT2D eigenvalue weighted by molar-refractivity contribution is -0.120. The smallest absolute Gasteiger partial charge is 0.250 e. The van der Waals surface area contributed by atoms with Gasteiger partial charge in [0.05, 0.1) is 10.6 Å². The molecule has 4 aromatic rings. The molecule has 8 heteroatoms. The van der Waals surface area contributed by atoms with E-state index in [9.17, 15) is 4.79 Å². The molecule has 7 nitrogen and oxygen atoms in total. The molecule has 0 fully saturated rings. The maximum absolute atomic E-state index is 11.7. The number of carbonyl (C=O) groups is 1. The molecule has 0 aliphatic heterocycles. The van der Waals surface area contributed by atoms with E-state index in [2.05, 4.69) is 20.6 Å². The van der Waals surface area contributed by atoms with E-state index in [1.165, 1.54) is 0 Å². The van der Waals surface area contributed by atoms with Crippen molar-refractivity contribution >= 4 is 28.6 Å². The molecule has 0 atom stereocenters. The minimum atomic E-state index is -0.172. The molecule has 4 rings (SSSR count). The largest absolute Gasteiger partial charge is 0.372 e. The first-order valence-electron chi connectivity index (χ1n) is 8.49. The Morgan fingerprint density at radius 2 is 2.00 bits per heavy atom. The van der Waals surface area contributed by atoms with Crippen LogP contribution in [0.4, 0.5) is 5.69 Å². The first kappa shape index (κ1) is 17.3. The van der Waals surface area contributed by atoms with E-state index < -0.39 is 0 Å². The molecule has 0 saturated heterocycles. The van der Waals surface area contributed by atoms with Crippen molar-refractivity contribution in [3.05, 3.63) is 53.9 Å². The van der Waals surface area contributed by atoms with Crippen LogP contribution in [-0.2, 0) is 9.53 Å². The van der Waals surface area contributed by atoms with Gasteiger partial charge in [-0.2, -0.15) is 9.61 Å². The summed E-state index contributed by atoms with van der Waals surface area (Å²) in [5.41, 5.74) is 3.15. The van der Waals surface area contributed by atoms with Crippen LogP contribution in [0.25, 0.3) is 27.6 Å². The molecule has 1 aromatic carbocycles. The number of carbonyl (C=O) groups excluding carboxylic acids is 1. The average Bonchev–Trinajstić information content (AvgIpc) is 3.35. The van der Waals surface area contributed by atoms with Crippen LogP contribution < -0.4 is 5.32 Å². The molecule has 3 aromatic heterocycles. The molecule has 0 saturated carbocycles. The molecule has 0 aliphatic carbocycles. The highest BCUT2D eigenvalue weighted by Gasteiger charge is 2.11. The number of hydrogen-bond donors (Lipinski definition) is 1. The van der Waals surface area contributed by atoms with Gasteiger partial charge in [-0.1, -0.05) is 18.2 Å². The van der Waals surface area contributed by atoms with Crippen molar-refractivity contribution < 1.29 is 9.53 Å². The maximum atomic E-state index is 11.7. The summed E-state index contributed by atoms with van der Waals surface area (Å²) < 4.78 is 6.85. The molecular formula is C19H17N5O2S. The predicted molar refractivity (Wildman–Crippen MR) is 105 cm³/mol. The third-order valence-corrected chi connectivity index (χ3v) is 4.77. The second-order valence-electron chi connectivity index (χ2n) is 5.75. The van der Waals surface area contributed by atoms with Crippen LogP contribution in [-0.4, -0.2) is 38.9 Å². The van der Waals surface area contributed by atoms with Crippen molar-refractivity contribution in [2.24, 2.45) is 0 Å². The number of benzene rings is 1. The fourth-order valence-electron chi connectivity index (χ4n) is 2.62. The van der Waals surface area contributed by atoms with Gasteiger partial charge in [0.1, 0.15) is 6.61 Å². The molecule has 1 N–H and O–H groups in total. The zero-order chi connectivity index (χ0) is 18.6. The zero-order valence-corrected chi connectivity index (χ0v) is 15.4. The van der Waals surface area contributed by atoms with Crippen molar-refractivity contribution in [2.45, 2.75) is 6.92 Å². The van der Waals surface area contributed by atoms with Gasteiger partial charge in [-0.05, 0) is 42.6 Å². The second kappa shape index (κ2) is 7.65. The highest BCUT2D eigenvalue weighted by Crippen LogP contribution is 2.25. The van der Waals surface area contributed by atoms with E-state index in [4.69, 9.17) is 4.74 Å². The molecule has 1 amide bonds. The molecule has 27 heavy (non-hydrogen) atoms. The second-order valence-corrected chi connectivity index (χ2v) is 6.70. The summed E-state index contributed by atoms with van der Waals surface area (Å²) in [6.45, 7) is 2.41. The zero-order valence-electron chi connectivity index (χ0n) is 14.6.